The molecule has 0 bridgehead atoms. The Bertz CT molecular complexity index is 699. The largest absolute Gasteiger partial charge is 0.483 e. The Balaban J connectivity index is 1.83. The summed E-state index contributed by atoms with van der Waals surface area (Å²) in [6.07, 6.45) is 1.54. The van der Waals surface area contributed by atoms with Gasteiger partial charge in [-0.2, -0.15) is 0 Å². The van der Waals surface area contributed by atoms with Gasteiger partial charge in [-0.3, -0.25) is 10.1 Å². The Morgan fingerprint density at radius 2 is 1.86 bits per heavy atom. The molecule has 0 radical (unpaired) electrons. The monoisotopic (exact) mass is 307 g/mol. The molecule has 0 N–H and O–H groups in total. The molecule has 0 heterocycles. The normalized spacial score (nSPS) is 15.5. The molecule has 3 rings (SSSR count). The lowest BCUT2D eigenvalue weighted by Gasteiger charge is -2.18. The number of hydrogen-bond donors (Lipinski definition) is 0. The van der Waals surface area contributed by atoms with Gasteiger partial charge in [-0.05, 0) is 42.7 Å². The van der Waals surface area contributed by atoms with Crippen molar-refractivity contribution < 1.29 is 14.1 Å². The van der Waals surface area contributed by atoms with E-state index >= 15 is 0 Å². The van der Waals surface area contributed by atoms with E-state index in [4.69, 9.17) is 16.3 Å². The summed E-state index contributed by atoms with van der Waals surface area (Å²) < 4.78 is 19.5. The highest BCUT2D eigenvalue weighted by molar-refractivity contribution is 6.30. The van der Waals surface area contributed by atoms with Crippen molar-refractivity contribution in [3.8, 4) is 5.75 Å². The van der Waals surface area contributed by atoms with Gasteiger partial charge in [-0.15, -0.1) is 0 Å². The topological polar surface area (TPSA) is 52.4 Å². The van der Waals surface area contributed by atoms with Crippen molar-refractivity contribution in [1.82, 2.24) is 0 Å². The fraction of sp³-hybridized carbons (Fsp3) is 0.200. The number of hydrogen-bond acceptors (Lipinski definition) is 3. The molecular formula is C15H11ClFNO3. The fourth-order valence-electron chi connectivity index (χ4n) is 2.20. The molecule has 0 saturated heterocycles. The highest BCUT2D eigenvalue weighted by Crippen LogP contribution is 2.49. The molecule has 21 heavy (non-hydrogen) atoms. The molecule has 1 aliphatic rings. The van der Waals surface area contributed by atoms with Crippen LogP contribution in [0.25, 0.3) is 0 Å². The van der Waals surface area contributed by atoms with E-state index in [1.807, 2.05) is 0 Å². The van der Waals surface area contributed by atoms with Crippen LogP contribution < -0.4 is 4.74 Å². The Morgan fingerprint density at radius 1 is 1.19 bits per heavy atom. The number of halogens is 2. The van der Waals surface area contributed by atoms with E-state index in [0.717, 1.165) is 18.4 Å². The molecule has 0 atom stereocenters. The van der Waals surface area contributed by atoms with Gasteiger partial charge >= 0.3 is 0 Å². The Morgan fingerprint density at radius 3 is 2.38 bits per heavy atom. The molecule has 1 aliphatic carbocycles. The zero-order chi connectivity index (χ0) is 15.0. The van der Waals surface area contributed by atoms with Gasteiger partial charge in [0.1, 0.15) is 17.2 Å². The van der Waals surface area contributed by atoms with Gasteiger partial charge in [-0.1, -0.05) is 17.7 Å². The van der Waals surface area contributed by atoms with Crippen molar-refractivity contribution in [2.75, 3.05) is 0 Å². The van der Waals surface area contributed by atoms with Crippen molar-refractivity contribution in [2.24, 2.45) is 0 Å². The van der Waals surface area contributed by atoms with Gasteiger partial charge in [0.15, 0.2) is 0 Å². The summed E-state index contributed by atoms with van der Waals surface area (Å²) in [4.78, 5) is 10.1. The summed E-state index contributed by atoms with van der Waals surface area (Å²) in [6.45, 7) is 0. The number of nitrogens with zero attached hydrogens (tertiary/aromatic N) is 1. The van der Waals surface area contributed by atoms with Crippen LogP contribution in [0, 0.1) is 15.9 Å². The van der Waals surface area contributed by atoms with Crippen LogP contribution in [0.2, 0.25) is 5.02 Å². The molecule has 2 aromatic rings. The first-order valence-corrected chi connectivity index (χ1v) is 6.77. The summed E-state index contributed by atoms with van der Waals surface area (Å²) in [5.74, 6) is 0.0428. The first-order valence-electron chi connectivity index (χ1n) is 6.39. The Kier molecular flexibility index (Phi) is 3.29. The SMILES string of the molecule is O=[N+]([O-])c1ccc(OC2(c3ccc(Cl)c(F)c3)CC2)cc1. The molecule has 1 fully saturated rings. The molecule has 0 spiro atoms. The fourth-order valence-corrected chi connectivity index (χ4v) is 2.32. The second-order valence-electron chi connectivity index (χ2n) is 4.98. The second-order valence-corrected chi connectivity index (χ2v) is 5.38. The summed E-state index contributed by atoms with van der Waals surface area (Å²) >= 11 is 5.68. The molecule has 0 unspecified atom stereocenters. The first kappa shape index (κ1) is 13.8. The number of rotatable bonds is 4. The number of non-ortho nitro benzene ring substituents is 1. The van der Waals surface area contributed by atoms with E-state index in [1.165, 1.54) is 24.3 Å². The van der Waals surface area contributed by atoms with Crippen LogP contribution in [0.1, 0.15) is 18.4 Å². The predicted octanol–water partition coefficient (Wildman–Crippen LogP) is 4.46. The van der Waals surface area contributed by atoms with Crippen LogP contribution in [0.3, 0.4) is 0 Å². The lowest BCUT2D eigenvalue weighted by molar-refractivity contribution is -0.384. The number of nitro benzene ring substituents is 1. The van der Waals surface area contributed by atoms with Crippen LogP contribution >= 0.6 is 11.6 Å². The van der Waals surface area contributed by atoms with Crippen molar-refractivity contribution in [1.29, 1.82) is 0 Å². The first-order chi connectivity index (χ1) is 10.00. The lowest BCUT2D eigenvalue weighted by Crippen LogP contribution is -2.15. The van der Waals surface area contributed by atoms with Gasteiger partial charge < -0.3 is 4.74 Å². The van der Waals surface area contributed by atoms with Gasteiger partial charge in [0, 0.05) is 12.1 Å². The predicted molar refractivity (Wildman–Crippen MR) is 76.0 cm³/mol. The van der Waals surface area contributed by atoms with Crippen LogP contribution in [-0.2, 0) is 5.60 Å². The standard InChI is InChI=1S/C15H11ClFNO3/c16-13-6-1-10(9-14(13)17)15(7-8-15)21-12-4-2-11(3-5-12)18(19)20/h1-6,9H,7-8H2. The average molecular weight is 308 g/mol. The molecule has 0 aliphatic heterocycles. The number of benzene rings is 2. The Labute approximate surface area is 125 Å². The minimum atomic E-state index is -0.554. The van der Waals surface area contributed by atoms with Gasteiger partial charge in [0.05, 0.1) is 9.95 Å². The molecular weight excluding hydrogens is 297 g/mol. The van der Waals surface area contributed by atoms with E-state index in [1.54, 1.807) is 18.2 Å². The molecule has 108 valence electrons. The lowest BCUT2D eigenvalue weighted by atomic mass is 10.1. The quantitative estimate of drug-likeness (QED) is 0.619. The summed E-state index contributed by atoms with van der Waals surface area (Å²) in [6, 6.07) is 10.5. The van der Waals surface area contributed by atoms with Crippen LogP contribution in [0.15, 0.2) is 42.5 Å². The summed E-state index contributed by atoms with van der Waals surface area (Å²) in [5.41, 5.74) is 0.175. The zero-order valence-electron chi connectivity index (χ0n) is 10.9. The van der Waals surface area contributed by atoms with E-state index in [0.29, 0.717) is 5.75 Å². The maximum absolute atomic E-state index is 13.6. The van der Waals surface area contributed by atoms with Crippen molar-refractivity contribution in [3.63, 3.8) is 0 Å². The third-order valence-electron chi connectivity index (χ3n) is 3.51. The van der Waals surface area contributed by atoms with E-state index in [2.05, 4.69) is 0 Å². The van der Waals surface area contributed by atoms with Crippen LogP contribution in [0.5, 0.6) is 5.75 Å². The van der Waals surface area contributed by atoms with Crippen molar-refractivity contribution in [3.05, 3.63) is 69.0 Å². The minimum Gasteiger partial charge on any atom is -0.483 e. The van der Waals surface area contributed by atoms with E-state index in [9.17, 15) is 14.5 Å². The molecule has 0 aromatic heterocycles. The maximum Gasteiger partial charge on any atom is 0.269 e. The van der Waals surface area contributed by atoms with Crippen molar-refractivity contribution >= 4 is 17.3 Å². The molecule has 6 heteroatoms. The van der Waals surface area contributed by atoms with Crippen LogP contribution in [-0.4, -0.2) is 4.92 Å². The van der Waals surface area contributed by atoms with Gasteiger partial charge in [0.25, 0.3) is 5.69 Å². The number of nitro groups is 1. The van der Waals surface area contributed by atoms with Crippen LogP contribution in [0.4, 0.5) is 10.1 Å². The van der Waals surface area contributed by atoms with E-state index < -0.39 is 16.3 Å². The van der Waals surface area contributed by atoms with Gasteiger partial charge in [-0.25, -0.2) is 4.39 Å². The average Bonchev–Trinajstić information content (AvgIpc) is 3.23. The molecule has 4 nitrogen and oxygen atoms in total. The second kappa shape index (κ2) is 5.00. The molecule has 0 amide bonds. The highest BCUT2D eigenvalue weighted by atomic mass is 35.5. The van der Waals surface area contributed by atoms with Gasteiger partial charge in [0.2, 0.25) is 0 Å². The Hall–Kier alpha value is -2.14. The zero-order valence-corrected chi connectivity index (χ0v) is 11.6. The highest BCUT2D eigenvalue weighted by Gasteiger charge is 2.47. The minimum absolute atomic E-state index is 0.00438. The molecule has 1 saturated carbocycles. The number of ether oxygens (including phenoxy) is 1. The maximum atomic E-state index is 13.6. The third-order valence-corrected chi connectivity index (χ3v) is 3.82. The molecule has 2 aromatic carbocycles. The van der Waals surface area contributed by atoms with E-state index in [-0.39, 0.29) is 10.7 Å². The van der Waals surface area contributed by atoms with Crippen molar-refractivity contribution in [2.45, 2.75) is 18.4 Å². The third kappa shape index (κ3) is 2.69. The smallest absolute Gasteiger partial charge is 0.269 e. The summed E-state index contributed by atoms with van der Waals surface area (Å²) in [7, 11) is 0. The summed E-state index contributed by atoms with van der Waals surface area (Å²) in [5, 5.41) is 10.7.